The van der Waals surface area contributed by atoms with E-state index in [-0.39, 0.29) is 11.5 Å². The van der Waals surface area contributed by atoms with Crippen LogP contribution < -0.4 is 4.90 Å². The SMILES string of the molecule is CN1CCC(Cn2cnc3c(-c4ccc(C#N)c(F)c4)c(-c4ccc5c(c4)CC(=O)N5C)ncc32)CC1. The van der Waals surface area contributed by atoms with Crippen molar-refractivity contribution in [2.24, 2.45) is 5.92 Å². The van der Waals surface area contributed by atoms with Gasteiger partial charge in [-0.25, -0.2) is 9.37 Å². The smallest absolute Gasteiger partial charge is 0.231 e. The number of nitriles is 1. The molecule has 8 heteroatoms. The van der Waals surface area contributed by atoms with E-state index in [9.17, 15) is 14.4 Å². The molecule has 0 unspecified atom stereocenters. The van der Waals surface area contributed by atoms with Crippen LogP contribution in [-0.4, -0.2) is 52.5 Å². The van der Waals surface area contributed by atoms with Crippen molar-refractivity contribution >= 4 is 22.6 Å². The molecule has 2 aliphatic heterocycles. The fourth-order valence-corrected chi connectivity index (χ4v) is 5.56. The number of likely N-dealkylation sites (tertiary alicyclic amines) is 1. The monoisotopic (exact) mass is 494 g/mol. The third-order valence-corrected chi connectivity index (χ3v) is 7.77. The van der Waals surface area contributed by atoms with E-state index in [2.05, 4.69) is 16.5 Å². The zero-order valence-electron chi connectivity index (χ0n) is 20.9. The number of amides is 1. The molecule has 0 aliphatic carbocycles. The maximum atomic E-state index is 14.8. The minimum absolute atomic E-state index is 0.00249. The summed E-state index contributed by atoms with van der Waals surface area (Å²) in [7, 11) is 3.93. The van der Waals surface area contributed by atoms with Crippen molar-refractivity contribution < 1.29 is 9.18 Å². The van der Waals surface area contributed by atoms with Crippen LogP contribution in [0.4, 0.5) is 10.1 Å². The Kier molecular flexibility index (Phi) is 5.73. The highest BCUT2D eigenvalue weighted by atomic mass is 19.1. The van der Waals surface area contributed by atoms with Crippen molar-refractivity contribution in [2.45, 2.75) is 25.8 Å². The average Bonchev–Trinajstić information content (AvgIpc) is 3.44. The maximum Gasteiger partial charge on any atom is 0.231 e. The van der Waals surface area contributed by atoms with Gasteiger partial charge in [0.15, 0.2) is 0 Å². The molecule has 2 aliphatic rings. The summed E-state index contributed by atoms with van der Waals surface area (Å²) in [6.07, 6.45) is 6.32. The molecule has 37 heavy (non-hydrogen) atoms. The summed E-state index contributed by atoms with van der Waals surface area (Å²) in [6.45, 7) is 3.04. The molecule has 2 aromatic heterocycles. The number of rotatable bonds is 4. The lowest BCUT2D eigenvalue weighted by Gasteiger charge is -2.29. The van der Waals surface area contributed by atoms with Gasteiger partial charge in [-0.05, 0) is 74.3 Å². The Hall–Kier alpha value is -4.09. The Balaban J connectivity index is 1.49. The first-order valence-electron chi connectivity index (χ1n) is 12.5. The molecule has 4 aromatic rings. The first kappa shape index (κ1) is 23.3. The van der Waals surface area contributed by atoms with Gasteiger partial charge in [0.25, 0.3) is 0 Å². The highest BCUT2D eigenvalue weighted by molar-refractivity contribution is 6.03. The Morgan fingerprint density at radius 1 is 1.08 bits per heavy atom. The molecule has 0 spiro atoms. The molecule has 0 N–H and O–H groups in total. The zero-order chi connectivity index (χ0) is 25.7. The lowest BCUT2D eigenvalue weighted by atomic mass is 9.95. The number of carbonyl (C=O) groups excluding carboxylic acids is 1. The van der Waals surface area contributed by atoms with Gasteiger partial charge >= 0.3 is 0 Å². The van der Waals surface area contributed by atoms with Gasteiger partial charge in [-0.15, -0.1) is 0 Å². The molecule has 6 rings (SSSR count). The van der Waals surface area contributed by atoms with E-state index in [1.807, 2.05) is 36.8 Å². The van der Waals surface area contributed by atoms with E-state index in [1.165, 1.54) is 12.1 Å². The number of benzene rings is 2. The summed E-state index contributed by atoms with van der Waals surface area (Å²) in [5, 5.41) is 9.24. The van der Waals surface area contributed by atoms with Crippen LogP contribution in [0.3, 0.4) is 0 Å². The van der Waals surface area contributed by atoms with Crippen LogP contribution in [0.5, 0.6) is 0 Å². The summed E-state index contributed by atoms with van der Waals surface area (Å²) in [5.41, 5.74) is 6.33. The summed E-state index contributed by atoms with van der Waals surface area (Å²) in [5.74, 6) is 0.0443. The quantitative estimate of drug-likeness (QED) is 0.413. The van der Waals surface area contributed by atoms with E-state index in [0.717, 1.165) is 65.9 Å². The molecule has 186 valence electrons. The Labute approximate surface area is 214 Å². The molecule has 0 radical (unpaired) electrons. The minimum atomic E-state index is -0.574. The molecule has 4 heterocycles. The summed E-state index contributed by atoms with van der Waals surface area (Å²) >= 11 is 0. The second-order valence-corrected chi connectivity index (χ2v) is 10.1. The second-order valence-electron chi connectivity index (χ2n) is 10.1. The molecule has 7 nitrogen and oxygen atoms in total. The second kappa shape index (κ2) is 9.09. The Bertz CT molecular complexity index is 1580. The molecule has 1 amide bonds. The number of imidazole rings is 1. The number of carbonyl (C=O) groups is 1. The number of hydrogen-bond donors (Lipinski definition) is 0. The normalized spacial score (nSPS) is 16.4. The number of pyridine rings is 1. The first-order valence-corrected chi connectivity index (χ1v) is 12.5. The number of anilines is 1. The van der Waals surface area contributed by atoms with Gasteiger partial charge < -0.3 is 14.4 Å². The predicted octanol–water partition coefficient (Wildman–Crippen LogP) is 4.64. The fourth-order valence-electron chi connectivity index (χ4n) is 5.56. The molecular weight excluding hydrogens is 467 g/mol. The van der Waals surface area contributed by atoms with Gasteiger partial charge in [0.2, 0.25) is 5.91 Å². The van der Waals surface area contributed by atoms with Crippen LogP contribution in [0.2, 0.25) is 0 Å². The predicted molar refractivity (Wildman–Crippen MR) is 140 cm³/mol. The van der Waals surface area contributed by atoms with Gasteiger partial charge in [-0.3, -0.25) is 9.78 Å². The Morgan fingerprint density at radius 3 is 2.62 bits per heavy atom. The standard InChI is InChI=1S/C29H27FN6O/c1-34-9-7-18(8-10-34)16-36-17-33-29-25(36)15-32-28(27(29)19-3-4-21(14-31)23(30)12-19)20-5-6-24-22(11-20)13-26(37)35(24)2/h3-6,11-12,15,17-18H,7-10,13,16H2,1-2H3. The average molecular weight is 495 g/mol. The Morgan fingerprint density at radius 2 is 1.86 bits per heavy atom. The third-order valence-electron chi connectivity index (χ3n) is 7.77. The summed E-state index contributed by atoms with van der Waals surface area (Å²) in [4.78, 5) is 25.9. The molecule has 1 fully saturated rings. The van der Waals surface area contributed by atoms with E-state index >= 15 is 0 Å². The molecule has 0 saturated carbocycles. The number of nitrogens with zero attached hydrogens (tertiary/aromatic N) is 6. The highest BCUT2D eigenvalue weighted by Gasteiger charge is 2.26. The lowest BCUT2D eigenvalue weighted by Crippen LogP contribution is -2.31. The number of hydrogen-bond acceptors (Lipinski definition) is 5. The van der Waals surface area contributed by atoms with E-state index in [0.29, 0.717) is 23.6 Å². The number of piperidine rings is 1. The van der Waals surface area contributed by atoms with E-state index in [4.69, 9.17) is 9.97 Å². The van der Waals surface area contributed by atoms with Crippen molar-refractivity contribution in [3.8, 4) is 28.5 Å². The van der Waals surface area contributed by atoms with Gasteiger partial charge in [0, 0.05) is 30.4 Å². The molecule has 1 saturated heterocycles. The summed E-state index contributed by atoms with van der Waals surface area (Å²) < 4.78 is 16.9. The number of aromatic nitrogens is 3. The molecular formula is C29H27FN6O. The fraction of sp³-hybridized carbons (Fsp3) is 0.310. The van der Waals surface area contributed by atoms with Gasteiger partial charge in [-0.1, -0.05) is 12.1 Å². The third kappa shape index (κ3) is 4.05. The van der Waals surface area contributed by atoms with Crippen LogP contribution >= 0.6 is 0 Å². The molecule has 2 aromatic carbocycles. The number of fused-ring (bicyclic) bond motifs is 2. The first-order chi connectivity index (χ1) is 17.9. The van der Waals surface area contributed by atoms with Crippen molar-refractivity contribution in [2.75, 3.05) is 32.1 Å². The number of halogens is 1. The van der Waals surface area contributed by atoms with Crippen LogP contribution in [0.1, 0.15) is 24.0 Å². The van der Waals surface area contributed by atoms with Gasteiger partial charge in [-0.2, -0.15) is 5.26 Å². The van der Waals surface area contributed by atoms with Crippen LogP contribution in [-0.2, 0) is 17.8 Å². The zero-order valence-corrected chi connectivity index (χ0v) is 20.9. The van der Waals surface area contributed by atoms with E-state index in [1.54, 1.807) is 18.0 Å². The van der Waals surface area contributed by atoms with Crippen LogP contribution in [0.15, 0.2) is 48.9 Å². The largest absolute Gasteiger partial charge is 0.329 e. The van der Waals surface area contributed by atoms with Crippen molar-refractivity contribution in [1.29, 1.82) is 5.26 Å². The number of likely N-dealkylation sites (N-methyl/N-ethyl adjacent to an activating group) is 1. The van der Waals surface area contributed by atoms with Gasteiger partial charge in [0.1, 0.15) is 17.4 Å². The molecule has 0 bridgehead atoms. The van der Waals surface area contributed by atoms with Gasteiger partial charge in [0.05, 0.1) is 35.7 Å². The van der Waals surface area contributed by atoms with Crippen LogP contribution in [0.25, 0.3) is 33.4 Å². The topological polar surface area (TPSA) is 78.0 Å². The highest BCUT2D eigenvalue weighted by Crippen LogP contribution is 2.39. The minimum Gasteiger partial charge on any atom is -0.329 e. The van der Waals surface area contributed by atoms with Crippen molar-refractivity contribution in [3.63, 3.8) is 0 Å². The summed E-state index contributed by atoms with van der Waals surface area (Å²) in [6, 6.07) is 12.4. The lowest BCUT2D eigenvalue weighted by molar-refractivity contribution is -0.117. The van der Waals surface area contributed by atoms with E-state index < -0.39 is 5.82 Å². The maximum absolute atomic E-state index is 14.8. The van der Waals surface area contributed by atoms with Crippen LogP contribution in [0, 0.1) is 23.1 Å². The van der Waals surface area contributed by atoms with Crippen molar-refractivity contribution in [1.82, 2.24) is 19.4 Å². The van der Waals surface area contributed by atoms with Crippen molar-refractivity contribution in [3.05, 3.63) is 65.9 Å². The molecule has 0 atom stereocenters.